The summed E-state index contributed by atoms with van der Waals surface area (Å²) in [4.78, 5) is 9.24. The fourth-order valence-corrected chi connectivity index (χ4v) is 14.5. The van der Waals surface area contributed by atoms with E-state index in [0.717, 1.165) is 30.4 Å². The topological polar surface area (TPSA) is 28.2 Å². The Morgan fingerprint density at radius 1 is 0.500 bits per heavy atom. The lowest BCUT2D eigenvalue weighted by Gasteiger charge is -2.75. The van der Waals surface area contributed by atoms with Crippen molar-refractivity contribution < 1.29 is 9.47 Å². The first-order valence-corrected chi connectivity index (χ1v) is 20.6. The minimum absolute atomic E-state index is 0.151. The van der Waals surface area contributed by atoms with Crippen molar-refractivity contribution in [2.75, 3.05) is 4.90 Å². The molecule has 5 aliphatic carbocycles. The van der Waals surface area contributed by atoms with Gasteiger partial charge in [-0.15, -0.1) is 0 Å². The second-order valence-corrected chi connectivity index (χ2v) is 17.6. The fourth-order valence-electron chi connectivity index (χ4n) is 14.5. The van der Waals surface area contributed by atoms with Crippen LogP contribution in [-0.4, -0.2) is 83.2 Å². The molecular formula is C42H56BN3O2. The average Bonchev–Trinajstić information content (AvgIpc) is 3.16. The SMILES string of the molecule is c1ccc(N(c2ccccc2)C2C3OC4CCCCC4N4C5CCCCC5B5C6CCCCC6N6C7CCCCC7OC2C6C5C34)cc1. The lowest BCUT2D eigenvalue weighted by atomic mass is 9.18. The first kappa shape index (κ1) is 29.8. The summed E-state index contributed by atoms with van der Waals surface area (Å²) >= 11 is 0. The summed E-state index contributed by atoms with van der Waals surface area (Å²) in [6, 6.07) is 26.6. The number of benzene rings is 2. The Bertz CT molecular complexity index is 1360. The van der Waals surface area contributed by atoms with Crippen LogP contribution in [0.1, 0.15) is 103 Å². The van der Waals surface area contributed by atoms with E-state index in [1.165, 1.54) is 114 Å². The van der Waals surface area contributed by atoms with Crippen LogP contribution in [0.25, 0.3) is 0 Å². The maximum atomic E-state index is 7.79. The van der Waals surface area contributed by atoms with Crippen molar-refractivity contribution in [3.8, 4) is 0 Å². The number of rotatable bonds is 3. The van der Waals surface area contributed by atoms with Gasteiger partial charge < -0.3 is 14.4 Å². The number of nitrogens with zero attached hydrogens (tertiary/aromatic N) is 3. The molecule has 0 bridgehead atoms. The Labute approximate surface area is 289 Å². The lowest BCUT2D eigenvalue weighted by molar-refractivity contribution is -0.264. The zero-order valence-electron chi connectivity index (χ0n) is 28.9. The summed E-state index contributed by atoms with van der Waals surface area (Å²) in [5, 5.41) is 0. The molecule has 4 aliphatic heterocycles. The largest absolute Gasteiger partial charge is 0.369 e. The standard InChI is InChI=1S/C42H56BN3O2/c1-3-15-27(16-4-1)44(28-17-5-2-6-18-28)40-41-38-37-39-42(40)48-36-26-14-12-24-34(36)46(39)32-22-10-8-20-30(32)43(37)29-19-7-9-21-31(29)45(38)33-23-11-13-25-35(33)47-41/h1-6,15-18,29-42H,7-14,19-26H2. The van der Waals surface area contributed by atoms with Gasteiger partial charge in [-0.05, 0) is 80.2 Å². The van der Waals surface area contributed by atoms with Crippen LogP contribution in [0.15, 0.2) is 60.7 Å². The van der Waals surface area contributed by atoms with E-state index in [1.807, 2.05) is 0 Å². The zero-order chi connectivity index (χ0) is 31.3. The van der Waals surface area contributed by atoms with Crippen LogP contribution >= 0.6 is 0 Å². The predicted octanol–water partition coefficient (Wildman–Crippen LogP) is 8.49. The van der Waals surface area contributed by atoms with E-state index in [1.54, 1.807) is 0 Å². The van der Waals surface area contributed by atoms with Gasteiger partial charge in [0.15, 0.2) is 6.71 Å². The molecule has 4 saturated heterocycles. The Balaban J connectivity index is 1.15. The van der Waals surface area contributed by atoms with Crippen LogP contribution in [0.3, 0.4) is 0 Å². The molecule has 11 rings (SSSR count). The predicted molar refractivity (Wildman–Crippen MR) is 193 cm³/mol. The molecule has 0 N–H and O–H groups in total. The van der Waals surface area contributed by atoms with Gasteiger partial charge in [0.25, 0.3) is 0 Å². The second kappa shape index (κ2) is 11.9. The van der Waals surface area contributed by atoms with Crippen LogP contribution in [0.2, 0.25) is 17.5 Å². The smallest absolute Gasteiger partial charge is 0.157 e. The summed E-state index contributed by atoms with van der Waals surface area (Å²) in [6.45, 7) is 0.837. The van der Waals surface area contributed by atoms with Crippen LogP contribution in [0.4, 0.5) is 11.4 Å². The summed E-state index contributed by atoms with van der Waals surface area (Å²) in [7, 11) is 0. The molecule has 12 unspecified atom stereocenters. The number of ether oxygens (including phenoxy) is 2. The molecule has 0 aromatic heterocycles. The van der Waals surface area contributed by atoms with Crippen LogP contribution in [0, 0.1) is 0 Å². The molecule has 9 fully saturated rings. The number of fused-ring (bicyclic) bond motifs is 10. The number of para-hydroxylation sites is 2. The Morgan fingerprint density at radius 3 is 1.40 bits per heavy atom. The molecule has 0 amide bonds. The van der Waals surface area contributed by atoms with Crippen LogP contribution < -0.4 is 4.90 Å². The van der Waals surface area contributed by atoms with Crippen molar-refractivity contribution in [1.29, 1.82) is 0 Å². The van der Waals surface area contributed by atoms with Gasteiger partial charge in [-0.1, -0.05) is 101 Å². The number of anilines is 2. The molecule has 48 heavy (non-hydrogen) atoms. The first-order chi connectivity index (χ1) is 23.9. The van der Waals surface area contributed by atoms with Crippen molar-refractivity contribution in [1.82, 2.24) is 9.80 Å². The molecule has 2 aromatic rings. The van der Waals surface area contributed by atoms with Gasteiger partial charge in [-0.3, -0.25) is 9.80 Å². The van der Waals surface area contributed by atoms with E-state index in [-0.39, 0.29) is 18.2 Å². The quantitative estimate of drug-likeness (QED) is 0.313. The molecule has 6 heteroatoms. The minimum Gasteiger partial charge on any atom is -0.369 e. The Hall–Kier alpha value is -1.86. The van der Waals surface area contributed by atoms with Crippen LogP contribution in [0.5, 0.6) is 0 Å². The highest BCUT2D eigenvalue weighted by Crippen LogP contribution is 2.65. The van der Waals surface area contributed by atoms with Gasteiger partial charge in [0.2, 0.25) is 0 Å². The first-order valence-electron chi connectivity index (χ1n) is 20.6. The van der Waals surface area contributed by atoms with E-state index in [4.69, 9.17) is 9.47 Å². The third-order valence-electron chi connectivity index (χ3n) is 15.7. The van der Waals surface area contributed by atoms with Gasteiger partial charge in [0, 0.05) is 47.6 Å². The van der Waals surface area contributed by atoms with Gasteiger partial charge in [-0.25, -0.2) is 0 Å². The zero-order valence-corrected chi connectivity index (χ0v) is 28.9. The van der Waals surface area contributed by atoms with E-state index in [9.17, 15) is 0 Å². The van der Waals surface area contributed by atoms with E-state index < -0.39 is 0 Å². The van der Waals surface area contributed by atoms with Crippen molar-refractivity contribution in [3.63, 3.8) is 0 Å². The molecular weight excluding hydrogens is 589 g/mol. The third kappa shape index (κ3) is 4.31. The highest BCUT2D eigenvalue weighted by atomic mass is 16.5. The summed E-state index contributed by atoms with van der Waals surface area (Å²) in [6.07, 6.45) is 23.1. The molecule has 5 nitrogen and oxygen atoms in total. The number of hydrogen-bond donors (Lipinski definition) is 0. The summed E-state index contributed by atoms with van der Waals surface area (Å²) < 4.78 is 15.6. The van der Waals surface area contributed by atoms with Gasteiger partial charge in [0.1, 0.15) is 0 Å². The van der Waals surface area contributed by atoms with Crippen molar-refractivity contribution in [2.24, 2.45) is 0 Å². The molecule has 12 atom stereocenters. The molecule has 2 aromatic carbocycles. The Morgan fingerprint density at radius 2 is 0.917 bits per heavy atom. The van der Waals surface area contributed by atoms with Crippen molar-refractivity contribution in [3.05, 3.63) is 60.7 Å². The molecule has 5 saturated carbocycles. The van der Waals surface area contributed by atoms with Crippen LogP contribution in [-0.2, 0) is 9.47 Å². The third-order valence-corrected chi connectivity index (χ3v) is 15.7. The van der Waals surface area contributed by atoms with E-state index in [0.29, 0.717) is 42.2 Å². The molecule has 4 heterocycles. The lowest BCUT2D eigenvalue weighted by Crippen LogP contribution is -2.86. The summed E-state index contributed by atoms with van der Waals surface area (Å²) in [5.74, 6) is 2.40. The fraction of sp³-hybridized carbons (Fsp3) is 0.714. The summed E-state index contributed by atoms with van der Waals surface area (Å²) in [5.41, 5.74) is 2.59. The Kier molecular flexibility index (Phi) is 7.37. The van der Waals surface area contributed by atoms with Gasteiger partial charge in [-0.2, -0.15) is 0 Å². The maximum Gasteiger partial charge on any atom is 0.157 e. The molecule has 0 radical (unpaired) electrons. The van der Waals surface area contributed by atoms with Gasteiger partial charge in [0.05, 0.1) is 30.5 Å². The normalized spacial score (nSPS) is 46.3. The van der Waals surface area contributed by atoms with Crippen molar-refractivity contribution >= 4 is 18.1 Å². The minimum atomic E-state index is 0.151. The highest BCUT2D eigenvalue weighted by Gasteiger charge is 2.73. The van der Waals surface area contributed by atoms with Crippen molar-refractivity contribution in [2.45, 2.75) is 187 Å². The number of hydrogen-bond acceptors (Lipinski definition) is 5. The van der Waals surface area contributed by atoms with E-state index in [2.05, 4.69) is 75.4 Å². The van der Waals surface area contributed by atoms with E-state index >= 15 is 0 Å². The monoisotopic (exact) mass is 645 g/mol. The highest BCUT2D eigenvalue weighted by molar-refractivity contribution is 6.65. The second-order valence-electron chi connectivity index (χ2n) is 17.6. The molecule has 0 spiro atoms. The maximum absolute atomic E-state index is 7.79. The molecule has 254 valence electrons. The number of morpholine rings is 2. The average molecular weight is 646 g/mol. The van der Waals surface area contributed by atoms with Gasteiger partial charge >= 0.3 is 0 Å². The molecule has 9 aliphatic rings.